The summed E-state index contributed by atoms with van der Waals surface area (Å²) in [5, 5.41) is 0. The monoisotopic (exact) mass is 592 g/mol. The van der Waals surface area contributed by atoms with Crippen molar-refractivity contribution in [1.82, 2.24) is 4.72 Å². The number of benzene rings is 3. The van der Waals surface area contributed by atoms with Gasteiger partial charge in [0.05, 0.1) is 18.1 Å². The smallest absolute Gasteiger partial charge is 0.249 e. The lowest BCUT2D eigenvalue weighted by Crippen LogP contribution is -2.47. The first-order valence-corrected chi connectivity index (χ1v) is 15.6. The van der Waals surface area contributed by atoms with E-state index >= 15 is 0 Å². The summed E-state index contributed by atoms with van der Waals surface area (Å²) in [6, 6.07) is 20.3. The van der Waals surface area contributed by atoms with E-state index < -0.39 is 27.9 Å². The number of sulfonamides is 1. The van der Waals surface area contributed by atoms with Gasteiger partial charge in [-0.2, -0.15) is 4.72 Å². The highest BCUT2D eigenvalue weighted by Crippen LogP contribution is 2.32. The number of ether oxygens (including phenoxy) is 1. The number of nitrogens with zero attached hydrogens (tertiary/aromatic N) is 2. The Morgan fingerprint density at radius 1 is 0.929 bits per heavy atom. The molecule has 0 spiro atoms. The van der Waals surface area contributed by atoms with Crippen LogP contribution in [0.2, 0.25) is 0 Å². The van der Waals surface area contributed by atoms with Gasteiger partial charge in [-0.25, -0.2) is 8.42 Å². The largest absolute Gasteiger partial charge is 0.378 e. The molecule has 4 rings (SSSR count). The predicted molar refractivity (Wildman–Crippen MR) is 165 cm³/mol. The lowest BCUT2D eigenvalue weighted by molar-refractivity contribution is -0.120. The molecule has 1 aliphatic heterocycles. The number of aryl methyl sites for hydroxylation is 1. The Morgan fingerprint density at radius 2 is 1.48 bits per heavy atom. The van der Waals surface area contributed by atoms with Crippen molar-refractivity contribution in [2.75, 3.05) is 36.1 Å². The molecule has 2 amide bonds. The summed E-state index contributed by atoms with van der Waals surface area (Å²) in [6.07, 6.45) is -0.263. The number of carbonyl (C=O) groups excluding carboxylic acids is 2. The number of hydrogen-bond donors (Lipinski definition) is 2. The van der Waals surface area contributed by atoms with Gasteiger partial charge in [-0.15, -0.1) is 0 Å². The second-order valence-electron chi connectivity index (χ2n) is 11.6. The van der Waals surface area contributed by atoms with Crippen LogP contribution in [0.4, 0.5) is 17.1 Å². The fourth-order valence-electron chi connectivity index (χ4n) is 4.80. The maximum atomic E-state index is 14.3. The van der Waals surface area contributed by atoms with Crippen LogP contribution in [0.15, 0.2) is 77.7 Å². The topological polar surface area (TPSA) is 122 Å². The van der Waals surface area contributed by atoms with Gasteiger partial charge in [0, 0.05) is 36.6 Å². The van der Waals surface area contributed by atoms with Gasteiger partial charge < -0.3 is 15.4 Å². The number of amides is 2. The van der Waals surface area contributed by atoms with Gasteiger partial charge in [-0.1, -0.05) is 50.6 Å². The summed E-state index contributed by atoms with van der Waals surface area (Å²) in [4.78, 5) is 29.8. The van der Waals surface area contributed by atoms with Gasteiger partial charge in [-0.05, 0) is 72.9 Å². The van der Waals surface area contributed by atoms with Crippen molar-refractivity contribution in [2.45, 2.75) is 56.9 Å². The van der Waals surface area contributed by atoms with E-state index in [1.165, 1.54) is 17.0 Å². The molecule has 1 fully saturated rings. The summed E-state index contributed by atoms with van der Waals surface area (Å²) in [6.45, 7) is 11.0. The van der Waals surface area contributed by atoms with Crippen LogP contribution in [-0.4, -0.2) is 52.6 Å². The Kier molecular flexibility index (Phi) is 9.71. The van der Waals surface area contributed by atoms with E-state index in [-0.39, 0.29) is 23.2 Å². The van der Waals surface area contributed by atoms with Crippen LogP contribution >= 0.6 is 0 Å². The second-order valence-corrected chi connectivity index (χ2v) is 13.3. The molecule has 3 aromatic rings. The Balaban J connectivity index is 1.73. The van der Waals surface area contributed by atoms with Crippen molar-refractivity contribution >= 4 is 38.9 Å². The molecule has 1 heterocycles. The molecule has 0 aromatic heterocycles. The molecule has 0 aliphatic carbocycles. The van der Waals surface area contributed by atoms with Gasteiger partial charge in [0.1, 0.15) is 6.04 Å². The highest BCUT2D eigenvalue weighted by atomic mass is 32.2. The number of nitrogens with one attached hydrogen (secondary N) is 1. The summed E-state index contributed by atoms with van der Waals surface area (Å²) < 4.78 is 34.7. The molecule has 1 atom stereocenters. The molecule has 9 nitrogen and oxygen atoms in total. The molecule has 1 aliphatic rings. The molecule has 0 bridgehead atoms. The molecular weight excluding hydrogens is 552 g/mol. The van der Waals surface area contributed by atoms with Crippen LogP contribution in [-0.2, 0) is 29.8 Å². The van der Waals surface area contributed by atoms with Crippen LogP contribution in [0.25, 0.3) is 0 Å². The van der Waals surface area contributed by atoms with E-state index in [0.717, 1.165) is 29.9 Å². The third-order valence-electron chi connectivity index (χ3n) is 7.30. The molecule has 10 heteroatoms. The number of primary amides is 1. The van der Waals surface area contributed by atoms with Crippen LogP contribution in [0.1, 0.15) is 44.7 Å². The maximum Gasteiger partial charge on any atom is 0.249 e. The molecule has 224 valence electrons. The van der Waals surface area contributed by atoms with Gasteiger partial charge in [0.2, 0.25) is 21.8 Å². The van der Waals surface area contributed by atoms with Crippen molar-refractivity contribution in [3.8, 4) is 0 Å². The standard InChI is InChI=1S/C32H40N4O5S/c1-23-5-15-28(16-6-23)42(39,40)34-29(17-18-30(33)37)31(38)36(26-9-7-24(8-10-26)32(2,3)4)27-13-11-25(12-14-27)35-19-21-41-22-20-35/h5-16,29,34H,17-22H2,1-4H3,(H2,33,37). The molecule has 0 radical (unpaired) electrons. The average Bonchev–Trinajstić information content (AvgIpc) is 2.96. The molecule has 0 saturated carbocycles. The van der Waals surface area contributed by atoms with Crippen LogP contribution in [0.3, 0.4) is 0 Å². The number of nitrogens with two attached hydrogens (primary N) is 1. The van der Waals surface area contributed by atoms with E-state index in [4.69, 9.17) is 10.5 Å². The van der Waals surface area contributed by atoms with Crippen molar-refractivity contribution in [3.05, 3.63) is 83.9 Å². The van der Waals surface area contributed by atoms with E-state index in [1.54, 1.807) is 12.1 Å². The molecule has 3 aromatic carbocycles. The Labute approximate surface area is 248 Å². The van der Waals surface area contributed by atoms with Crippen molar-refractivity contribution in [3.63, 3.8) is 0 Å². The fourth-order valence-corrected chi connectivity index (χ4v) is 6.02. The molecule has 42 heavy (non-hydrogen) atoms. The van der Waals surface area contributed by atoms with E-state index in [2.05, 4.69) is 30.4 Å². The first-order chi connectivity index (χ1) is 19.8. The lowest BCUT2D eigenvalue weighted by Gasteiger charge is -2.31. The van der Waals surface area contributed by atoms with Crippen LogP contribution in [0.5, 0.6) is 0 Å². The summed E-state index contributed by atoms with van der Waals surface area (Å²) >= 11 is 0. The Morgan fingerprint density at radius 3 is 2.00 bits per heavy atom. The van der Waals surface area contributed by atoms with E-state index in [9.17, 15) is 18.0 Å². The van der Waals surface area contributed by atoms with Crippen molar-refractivity contribution in [2.24, 2.45) is 5.73 Å². The third-order valence-corrected chi connectivity index (χ3v) is 8.79. The van der Waals surface area contributed by atoms with Gasteiger partial charge >= 0.3 is 0 Å². The highest BCUT2D eigenvalue weighted by Gasteiger charge is 2.32. The average molecular weight is 593 g/mol. The zero-order valence-electron chi connectivity index (χ0n) is 24.7. The van der Waals surface area contributed by atoms with Crippen molar-refractivity contribution in [1.29, 1.82) is 0 Å². The zero-order chi connectivity index (χ0) is 30.5. The van der Waals surface area contributed by atoms with Gasteiger partial charge in [0.15, 0.2) is 0 Å². The molecule has 1 saturated heterocycles. The summed E-state index contributed by atoms with van der Waals surface area (Å²) in [5.41, 5.74) is 9.46. The number of morpholine rings is 1. The number of carbonyl (C=O) groups is 2. The van der Waals surface area contributed by atoms with Gasteiger partial charge in [0.25, 0.3) is 0 Å². The fraction of sp³-hybridized carbons (Fsp3) is 0.375. The Hall–Kier alpha value is -3.73. The third kappa shape index (κ3) is 7.76. The predicted octanol–water partition coefficient (Wildman–Crippen LogP) is 4.41. The number of anilines is 3. The minimum absolute atomic E-state index is 0.0286. The summed E-state index contributed by atoms with van der Waals surface area (Å²) in [7, 11) is -4.08. The van der Waals surface area contributed by atoms with Crippen LogP contribution in [0, 0.1) is 6.92 Å². The highest BCUT2D eigenvalue weighted by molar-refractivity contribution is 7.89. The van der Waals surface area contributed by atoms with Gasteiger partial charge in [-0.3, -0.25) is 14.5 Å². The minimum Gasteiger partial charge on any atom is -0.378 e. The van der Waals surface area contributed by atoms with E-state index in [1.807, 2.05) is 55.5 Å². The molecular formula is C32H40N4O5S. The maximum absolute atomic E-state index is 14.3. The van der Waals surface area contributed by atoms with E-state index in [0.29, 0.717) is 24.6 Å². The van der Waals surface area contributed by atoms with Crippen molar-refractivity contribution < 1.29 is 22.7 Å². The second kappa shape index (κ2) is 13.1. The zero-order valence-corrected chi connectivity index (χ0v) is 25.5. The SMILES string of the molecule is Cc1ccc(S(=O)(=O)NC(CCC(N)=O)C(=O)N(c2ccc(N3CCOCC3)cc2)c2ccc(C(C)(C)C)cc2)cc1. The lowest BCUT2D eigenvalue weighted by atomic mass is 9.87. The number of rotatable bonds is 10. The normalized spacial score (nSPS) is 14.8. The first kappa shape index (κ1) is 31.2. The number of hydrogen-bond acceptors (Lipinski definition) is 6. The summed E-state index contributed by atoms with van der Waals surface area (Å²) in [5.74, 6) is -1.15. The minimum atomic E-state index is -4.08. The first-order valence-electron chi connectivity index (χ1n) is 14.1. The Bertz CT molecular complexity index is 1480. The molecule has 1 unspecified atom stereocenters. The van der Waals surface area contributed by atoms with Crippen LogP contribution < -0.4 is 20.3 Å². The quantitative estimate of drug-likeness (QED) is 0.360. The molecule has 3 N–H and O–H groups in total.